The largest absolute Gasteiger partial charge is 0.339 e. The first-order valence-electron chi connectivity index (χ1n) is 8.36. The molecule has 0 atom stereocenters. The second-order valence-electron chi connectivity index (χ2n) is 6.57. The van der Waals surface area contributed by atoms with Crippen LogP contribution in [0.3, 0.4) is 0 Å². The highest BCUT2D eigenvalue weighted by Gasteiger charge is 2.31. The SMILES string of the molecule is Cc1ccc(N(C)S(=O)(=O)c2cc(-c3noc(C4CC4)n3)sc2C)cc1. The summed E-state index contributed by atoms with van der Waals surface area (Å²) in [6, 6.07) is 9.03. The zero-order chi connectivity index (χ0) is 18.5. The van der Waals surface area contributed by atoms with Crippen LogP contribution in [0, 0.1) is 13.8 Å². The smallest absolute Gasteiger partial charge is 0.265 e. The Morgan fingerprint density at radius 1 is 1.19 bits per heavy atom. The van der Waals surface area contributed by atoms with Gasteiger partial charge in [0, 0.05) is 17.8 Å². The van der Waals surface area contributed by atoms with Gasteiger partial charge in [-0.15, -0.1) is 11.3 Å². The normalized spacial score (nSPS) is 14.6. The van der Waals surface area contributed by atoms with Gasteiger partial charge in [0.05, 0.1) is 10.6 Å². The summed E-state index contributed by atoms with van der Waals surface area (Å²) in [5, 5.41) is 4.01. The number of aryl methyl sites for hydroxylation is 2. The monoisotopic (exact) mass is 389 g/mol. The minimum absolute atomic E-state index is 0.276. The van der Waals surface area contributed by atoms with Crippen LogP contribution in [0.25, 0.3) is 10.7 Å². The number of thiophene rings is 1. The van der Waals surface area contributed by atoms with Gasteiger partial charge in [-0.2, -0.15) is 4.98 Å². The molecule has 0 radical (unpaired) electrons. The molecule has 26 heavy (non-hydrogen) atoms. The van der Waals surface area contributed by atoms with Crippen LogP contribution in [0.1, 0.15) is 35.1 Å². The summed E-state index contributed by atoms with van der Waals surface area (Å²) in [5.74, 6) is 1.47. The average molecular weight is 390 g/mol. The average Bonchev–Trinajstić information content (AvgIpc) is 3.20. The summed E-state index contributed by atoms with van der Waals surface area (Å²) >= 11 is 1.36. The van der Waals surface area contributed by atoms with Gasteiger partial charge in [-0.3, -0.25) is 4.31 Å². The van der Waals surface area contributed by atoms with Crippen molar-refractivity contribution >= 4 is 27.0 Å². The first-order chi connectivity index (χ1) is 12.4. The Kier molecular flexibility index (Phi) is 4.11. The quantitative estimate of drug-likeness (QED) is 0.656. The maximum Gasteiger partial charge on any atom is 0.265 e. The zero-order valence-corrected chi connectivity index (χ0v) is 16.4. The van der Waals surface area contributed by atoms with Crippen LogP contribution in [-0.4, -0.2) is 25.6 Å². The molecule has 0 aliphatic heterocycles. The van der Waals surface area contributed by atoms with Crippen molar-refractivity contribution in [2.45, 2.75) is 37.5 Å². The van der Waals surface area contributed by atoms with Gasteiger partial charge in [-0.25, -0.2) is 8.42 Å². The predicted octanol–water partition coefficient (Wildman–Crippen LogP) is 4.12. The highest BCUT2D eigenvalue weighted by molar-refractivity contribution is 7.93. The highest BCUT2D eigenvalue weighted by Crippen LogP contribution is 2.40. The fourth-order valence-corrected chi connectivity index (χ4v) is 5.38. The molecule has 0 spiro atoms. The maximum atomic E-state index is 13.1. The number of benzene rings is 1. The molecule has 1 aliphatic carbocycles. The minimum atomic E-state index is -3.66. The van der Waals surface area contributed by atoms with Crippen LogP contribution >= 0.6 is 11.3 Å². The minimum Gasteiger partial charge on any atom is -0.339 e. The van der Waals surface area contributed by atoms with E-state index >= 15 is 0 Å². The molecule has 1 fully saturated rings. The number of rotatable bonds is 5. The number of aromatic nitrogens is 2. The van der Waals surface area contributed by atoms with Gasteiger partial charge in [0.2, 0.25) is 11.7 Å². The van der Waals surface area contributed by atoms with Crippen LogP contribution in [-0.2, 0) is 10.0 Å². The molecule has 1 aromatic carbocycles. The zero-order valence-electron chi connectivity index (χ0n) is 14.8. The Hall–Kier alpha value is -2.19. The Labute approximate surface area is 156 Å². The molecule has 0 saturated heterocycles. The van der Waals surface area contributed by atoms with Gasteiger partial charge in [-0.05, 0) is 44.9 Å². The third-order valence-electron chi connectivity index (χ3n) is 4.50. The van der Waals surface area contributed by atoms with Crippen molar-refractivity contribution in [1.29, 1.82) is 0 Å². The van der Waals surface area contributed by atoms with Gasteiger partial charge in [0.25, 0.3) is 10.0 Å². The second-order valence-corrected chi connectivity index (χ2v) is 9.76. The van der Waals surface area contributed by atoms with Crippen LogP contribution < -0.4 is 4.31 Å². The van der Waals surface area contributed by atoms with Crippen molar-refractivity contribution in [2.75, 3.05) is 11.4 Å². The predicted molar refractivity (Wildman–Crippen MR) is 101 cm³/mol. The molecule has 0 amide bonds. The van der Waals surface area contributed by atoms with Gasteiger partial charge < -0.3 is 4.52 Å². The van der Waals surface area contributed by atoms with Crippen molar-refractivity contribution in [3.05, 3.63) is 46.7 Å². The first-order valence-corrected chi connectivity index (χ1v) is 10.6. The van der Waals surface area contributed by atoms with E-state index in [1.165, 1.54) is 15.6 Å². The van der Waals surface area contributed by atoms with Crippen molar-refractivity contribution in [1.82, 2.24) is 10.1 Å². The van der Waals surface area contributed by atoms with Gasteiger partial charge in [-0.1, -0.05) is 22.9 Å². The molecule has 2 heterocycles. The van der Waals surface area contributed by atoms with E-state index in [2.05, 4.69) is 10.1 Å². The van der Waals surface area contributed by atoms with Crippen LogP contribution in [0.5, 0.6) is 0 Å². The van der Waals surface area contributed by atoms with E-state index in [0.29, 0.717) is 33.1 Å². The van der Waals surface area contributed by atoms with E-state index < -0.39 is 10.0 Å². The van der Waals surface area contributed by atoms with Gasteiger partial charge in [0.1, 0.15) is 4.90 Å². The molecule has 3 aromatic rings. The third-order valence-corrected chi connectivity index (χ3v) is 7.58. The van der Waals surface area contributed by atoms with Crippen molar-refractivity contribution in [2.24, 2.45) is 0 Å². The number of hydrogen-bond acceptors (Lipinski definition) is 6. The van der Waals surface area contributed by atoms with E-state index in [-0.39, 0.29) is 4.90 Å². The fourth-order valence-electron chi connectivity index (χ4n) is 2.70. The summed E-state index contributed by atoms with van der Waals surface area (Å²) in [7, 11) is -2.10. The Bertz CT molecular complexity index is 1050. The Balaban J connectivity index is 1.67. The lowest BCUT2D eigenvalue weighted by Gasteiger charge is -2.19. The van der Waals surface area contributed by atoms with E-state index in [1.54, 1.807) is 32.2 Å². The van der Waals surface area contributed by atoms with E-state index in [4.69, 9.17) is 4.52 Å². The first kappa shape index (κ1) is 17.2. The highest BCUT2D eigenvalue weighted by atomic mass is 32.2. The molecule has 0 unspecified atom stereocenters. The summed E-state index contributed by atoms with van der Waals surface area (Å²) in [4.78, 5) is 6.10. The Morgan fingerprint density at radius 2 is 1.88 bits per heavy atom. The Morgan fingerprint density at radius 3 is 2.54 bits per heavy atom. The topological polar surface area (TPSA) is 76.3 Å². The molecular weight excluding hydrogens is 370 g/mol. The number of hydrogen-bond donors (Lipinski definition) is 0. The molecule has 8 heteroatoms. The molecule has 4 rings (SSSR count). The van der Waals surface area contributed by atoms with Gasteiger partial charge in [0.15, 0.2) is 0 Å². The lowest BCUT2D eigenvalue weighted by Crippen LogP contribution is -2.26. The van der Waals surface area contributed by atoms with E-state index in [0.717, 1.165) is 18.4 Å². The van der Waals surface area contributed by atoms with Crippen molar-refractivity contribution in [3.8, 4) is 10.7 Å². The third kappa shape index (κ3) is 3.03. The van der Waals surface area contributed by atoms with Gasteiger partial charge >= 0.3 is 0 Å². The summed E-state index contributed by atoms with van der Waals surface area (Å²) in [6.45, 7) is 3.76. The van der Waals surface area contributed by atoms with Crippen LogP contribution in [0.2, 0.25) is 0 Å². The molecular formula is C18H19N3O3S2. The van der Waals surface area contributed by atoms with E-state index in [1.807, 2.05) is 19.1 Å². The summed E-state index contributed by atoms with van der Waals surface area (Å²) in [6.07, 6.45) is 2.15. The van der Waals surface area contributed by atoms with Crippen molar-refractivity contribution in [3.63, 3.8) is 0 Å². The molecule has 0 N–H and O–H groups in total. The second kappa shape index (κ2) is 6.21. The molecule has 2 aromatic heterocycles. The number of sulfonamides is 1. The lowest BCUT2D eigenvalue weighted by molar-refractivity contribution is 0.380. The molecule has 6 nitrogen and oxygen atoms in total. The summed E-state index contributed by atoms with van der Waals surface area (Å²) < 4.78 is 32.7. The van der Waals surface area contributed by atoms with Crippen LogP contribution in [0.15, 0.2) is 39.8 Å². The fraction of sp³-hybridized carbons (Fsp3) is 0.333. The maximum absolute atomic E-state index is 13.1. The number of nitrogens with zero attached hydrogens (tertiary/aromatic N) is 3. The molecule has 136 valence electrons. The number of anilines is 1. The van der Waals surface area contributed by atoms with Crippen LogP contribution in [0.4, 0.5) is 5.69 Å². The lowest BCUT2D eigenvalue weighted by atomic mass is 10.2. The standard InChI is InChI=1S/C18H19N3O3S2/c1-11-4-8-14(9-5-11)21(3)26(22,23)16-10-15(25-12(16)2)17-19-18(24-20-17)13-6-7-13/h4-5,8-10,13H,6-7H2,1-3H3. The van der Waals surface area contributed by atoms with E-state index in [9.17, 15) is 8.42 Å². The summed E-state index contributed by atoms with van der Waals surface area (Å²) in [5.41, 5.74) is 1.70. The molecule has 1 aliphatic rings. The molecule has 0 bridgehead atoms. The van der Waals surface area contributed by atoms with Crippen molar-refractivity contribution < 1.29 is 12.9 Å². The molecule has 1 saturated carbocycles.